The van der Waals surface area contributed by atoms with Crippen molar-refractivity contribution >= 4 is 29.2 Å². The minimum Gasteiger partial charge on any atom is -0.368 e. The summed E-state index contributed by atoms with van der Waals surface area (Å²) >= 11 is 0. The molecule has 1 aromatic rings. The quantitative estimate of drug-likeness (QED) is 0.827. The number of urea groups is 1. The van der Waals surface area contributed by atoms with Gasteiger partial charge in [-0.1, -0.05) is 0 Å². The molecule has 26 heavy (non-hydrogen) atoms. The number of primary amides is 1. The highest BCUT2D eigenvalue weighted by molar-refractivity contribution is 6.03. The second-order valence-corrected chi connectivity index (χ2v) is 7.23. The van der Waals surface area contributed by atoms with Crippen LogP contribution in [0, 0.1) is 0 Å². The zero-order valence-corrected chi connectivity index (χ0v) is 15.4. The van der Waals surface area contributed by atoms with Crippen molar-refractivity contribution in [3.63, 3.8) is 0 Å². The summed E-state index contributed by atoms with van der Waals surface area (Å²) in [6, 6.07) is 7.01. The molecule has 0 aliphatic carbocycles. The predicted molar refractivity (Wildman–Crippen MR) is 99.0 cm³/mol. The molecule has 2 N–H and O–H groups in total. The summed E-state index contributed by atoms with van der Waals surface area (Å²) in [7, 11) is 5.41. The van der Waals surface area contributed by atoms with Crippen LogP contribution in [-0.4, -0.2) is 74.0 Å². The van der Waals surface area contributed by atoms with Crippen LogP contribution in [0.25, 0.3) is 0 Å². The van der Waals surface area contributed by atoms with Gasteiger partial charge in [0, 0.05) is 25.0 Å². The van der Waals surface area contributed by atoms with Gasteiger partial charge in [0.15, 0.2) is 0 Å². The van der Waals surface area contributed by atoms with Crippen molar-refractivity contribution in [1.82, 2.24) is 9.80 Å². The third-order valence-corrected chi connectivity index (χ3v) is 5.20. The Morgan fingerprint density at radius 3 is 2.38 bits per heavy atom. The van der Waals surface area contributed by atoms with E-state index in [1.54, 1.807) is 46.0 Å². The average Bonchev–Trinajstić information content (AvgIpc) is 3.13. The van der Waals surface area contributed by atoms with Gasteiger partial charge in [0.1, 0.15) is 5.54 Å². The van der Waals surface area contributed by atoms with Crippen molar-refractivity contribution in [2.75, 3.05) is 50.6 Å². The lowest BCUT2D eigenvalue weighted by Crippen LogP contribution is -2.52. The van der Waals surface area contributed by atoms with Crippen LogP contribution in [0.15, 0.2) is 24.3 Å². The highest BCUT2D eigenvalue weighted by atomic mass is 16.2. The molecule has 8 heteroatoms. The smallest absolute Gasteiger partial charge is 0.325 e. The monoisotopic (exact) mass is 359 g/mol. The summed E-state index contributed by atoms with van der Waals surface area (Å²) in [6.45, 7) is 1.15. The van der Waals surface area contributed by atoms with E-state index in [4.69, 9.17) is 5.73 Å². The molecule has 1 atom stereocenters. The maximum absolute atomic E-state index is 12.7. The van der Waals surface area contributed by atoms with Gasteiger partial charge in [-0.05, 0) is 51.2 Å². The molecule has 2 aliphatic rings. The van der Waals surface area contributed by atoms with Crippen molar-refractivity contribution in [2.24, 2.45) is 5.73 Å². The van der Waals surface area contributed by atoms with E-state index >= 15 is 0 Å². The van der Waals surface area contributed by atoms with E-state index in [-0.39, 0.29) is 18.5 Å². The van der Waals surface area contributed by atoms with Gasteiger partial charge in [-0.15, -0.1) is 0 Å². The number of amides is 4. The van der Waals surface area contributed by atoms with Crippen molar-refractivity contribution in [3.8, 4) is 0 Å². The minimum absolute atomic E-state index is 0.0201. The Bertz CT molecular complexity index is 733. The first-order valence-electron chi connectivity index (χ1n) is 8.67. The second-order valence-electron chi connectivity index (χ2n) is 7.23. The molecule has 0 bridgehead atoms. The van der Waals surface area contributed by atoms with Gasteiger partial charge in [0.25, 0.3) is 0 Å². The number of carbonyl (C=O) groups excluding carboxylic acids is 3. The SMILES string of the molecule is CN(C)CC(=O)N(C)c1ccc(N2C[C@@]3(C(N)=O)CCCN3C2=O)cc1. The van der Waals surface area contributed by atoms with Gasteiger partial charge >= 0.3 is 6.03 Å². The molecule has 0 radical (unpaired) electrons. The van der Waals surface area contributed by atoms with Crippen LogP contribution >= 0.6 is 0 Å². The molecule has 8 nitrogen and oxygen atoms in total. The Hall–Kier alpha value is -2.61. The number of carbonyl (C=O) groups is 3. The maximum Gasteiger partial charge on any atom is 0.325 e. The highest BCUT2D eigenvalue weighted by Crippen LogP contribution is 2.38. The Morgan fingerprint density at radius 1 is 1.19 bits per heavy atom. The van der Waals surface area contributed by atoms with Crippen LogP contribution in [0.5, 0.6) is 0 Å². The molecule has 2 heterocycles. The predicted octanol–water partition coefficient (Wildman–Crippen LogP) is 0.471. The highest BCUT2D eigenvalue weighted by Gasteiger charge is 2.56. The lowest BCUT2D eigenvalue weighted by atomic mass is 9.96. The number of nitrogens with two attached hydrogens (primary N) is 1. The lowest BCUT2D eigenvalue weighted by Gasteiger charge is -2.25. The number of anilines is 2. The van der Waals surface area contributed by atoms with Gasteiger partial charge in [0.05, 0.1) is 13.1 Å². The van der Waals surface area contributed by atoms with Gasteiger partial charge in [-0.25, -0.2) is 4.79 Å². The largest absolute Gasteiger partial charge is 0.368 e. The number of benzene rings is 1. The molecule has 140 valence electrons. The Labute approximate surface area is 153 Å². The first-order valence-corrected chi connectivity index (χ1v) is 8.67. The van der Waals surface area contributed by atoms with Crippen LogP contribution in [0.2, 0.25) is 0 Å². The van der Waals surface area contributed by atoms with Gasteiger partial charge in [-0.2, -0.15) is 0 Å². The molecule has 3 rings (SSSR count). The fourth-order valence-electron chi connectivity index (χ4n) is 3.71. The van der Waals surface area contributed by atoms with Gasteiger partial charge in [0.2, 0.25) is 11.8 Å². The van der Waals surface area contributed by atoms with Crippen molar-refractivity contribution in [3.05, 3.63) is 24.3 Å². The fraction of sp³-hybridized carbons (Fsp3) is 0.500. The van der Waals surface area contributed by atoms with Crippen LogP contribution in [0.1, 0.15) is 12.8 Å². The number of hydrogen-bond donors (Lipinski definition) is 1. The summed E-state index contributed by atoms with van der Waals surface area (Å²) in [5, 5.41) is 0. The molecule has 1 aromatic carbocycles. The van der Waals surface area contributed by atoms with E-state index in [0.29, 0.717) is 25.2 Å². The van der Waals surface area contributed by atoms with Crippen molar-refractivity contribution in [1.29, 1.82) is 0 Å². The van der Waals surface area contributed by atoms with Gasteiger partial charge in [-0.3, -0.25) is 14.5 Å². The maximum atomic E-state index is 12.7. The van der Waals surface area contributed by atoms with E-state index in [1.165, 1.54) is 0 Å². The topological polar surface area (TPSA) is 90.2 Å². The third-order valence-electron chi connectivity index (χ3n) is 5.20. The van der Waals surface area contributed by atoms with E-state index in [2.05, 4.69) is 0 Å². The zero-order chi connectivity index (χ0) is 19.1. The zero-order valence-electron chi connectivity index (χ0n) is 15.4. The van der Waals surface area contributed by atoms with Crippen LogP contribution < -0.4 is 15.5 Å². The minimum atomic E-state index is -0.895. The number of rotatable bonds is 5. The van der Waals surface area contributed by atoms with Crippen LogP contribution in [0.4, 0.5) is 16.2 Å². The first kappa shape index (κ1) is 18.2. The van der Waals surface area contributed by atoms with E-state index in [9.17, 15) is 14.4 Å². The lowest BCUT2D eigenvalue weighted by molar-refractivity contribution is -0.125. The van der Waals surface area contributed by atoms with Gasteiger partial charge < -0.3 is 20.4 Å². The Balaban J connectivity index is 1.78. The van der Waals surface area contributed by atoms with Crippen LogP contribution in [0.3, 0.4) is 0 Å². The molecule has 0 spiro atoms. The van der Waals surface area contributed by atoms with Crippen molar-refractivity contribution < 1.29 is 14.4 Å². The number of fused-ring (bicyclic) bond motifs is 1. The number of nitrogens with zero attached hydrogens (tertiary/aromatic N) is 4. The first-order chi connectivity index (χ1) is 12.3. The van der Waals surface area contributed by atoms with E-state index < -0.39 is 11.4 Å². The molecule has 0 saturated carbocycles. The molecule has 4 amide bonds. The van der Waals surface area contributed by atoms with Crippen molar-refractivity contribution in [2.45, 2.75) is 18.4 Å². The van der Waals surface area contributed by atoms with Crippen LogP contribution in [-0.2, 0) is 9.59 Å². The number of hydrogen-bond acceptors (Lipinski definition) is 4. The summed E-state index contributed by atoms with van der Waals surface area (Å²) in [6.07, 6.45) is 1.39. The third kappa shape index (κ3) is 2.90. The van der Waals surface area contributed by atoms with E-state index in [0.717, 1.165) is 12.1 Å². The Kier molecular flexibility index (Phi) is 4.62. The molecular weight excluding hydrogens is 334 g/mol. The van der Waals surface area contributed by atoms with E-state index in [1.807, 2.05) is 19.0 Å². The standard InChI is InChI=1S/C18H25N5O3/c1-20(2)11-15(24)21(3)13-5-7-14(8-6-13)22-12-18(16(19)25)9-4-10-23(18)17(22)26/h5-8H,4,9-12H2,1-3H3,(H2,19,25)/t18-/m1/s1. The molecular formula is C18H25N5O3. The molecule has 2 saturated heterocycles. The average molecular weight is 359 g/mol. The Morgan fingerprint density at radius 2 is 1.85 bits per heavy atom. The molecule has 2 aliphatic heterocycles. The normalized spacial score (nSPS) is 22.1. The summed E-state index contributed by atoms with van der Waals surface area (Å²) in [4.78, 5) is 43.4. The fourth-order valence-corrected chi connectivity index (χ4v) is 3.71. The second kappa shape index (κ2) is 6.60. The summed E-state index contributed by atoms with van der Waals surface area (Å²) in [5.41, 5.74) is 6.15. The number of likely N-dealkylation sites (N-methyl/N-ethyl adjacent to an activating group) is 2. The molecule has 0 unspecified atom stereocenters. The summed E-state index contributed by atoms with van der Waals surface area (Å²) in [5.74, 6) is -0.468. The molecule has 0 aromatic heterocycles. The molecule has 2 fully saturated rings. The summed E-state index contributed by atoms with van der Waals surface area (Å²) < 4.78 is 0.